The lowest BCUT2D eigenvalue weighted by Gasteiger charge is -2.26. The van der Waals surface area contributed by atoms with Gasteiger partial charge in [0.15, 0.2) is 0 Å². The van der Waals surface area contributed by atoms with Crippen LogP contribution in [0.15, 0.2) is 12.3 Å². The van der Waals surface area contributed by atoms with Crippen molar-refractivity contribution in [2.75, 3.05) is 24.6 Å². The minimum Gasteiger partial charge on any atom is -0.395 e. The van der Waals surface area contributed by atoms with Gasteiger partial charge in [0.1, 0.15) is 0 Å². The number of unbranched alkanes of at least 4 members (excludes halogenated alkanes) is 1. The van der Waals surface area contributed by atoms with E-state index >= 15 is 0 Å². The van der Waals surface area contributed by atoms with E-state index in [1.807, 2.05) is 13.0 Å². The first kappa shape index (κ1) is 13.9. The molecule has 0 aliphatic heterocycles. The molecule has 0 aromatic carbocycles. The Morgan fingerprint density at radius 1 is 1.29 bits per heavy atom. The van der Waals surface area contributed by atoms with Gasteiger partial charge in [-0.1, -0.05) is 13.3 Å². The van der Waals surface area contributed by atoms with Crippen LogP contribution in [0.5, 0.6) is 0 Å². The molecule has 1 heterocycles. The maximum atomic E-state index is 9.32. The van der Waals surface area contributed by atoms with E-state index in [9.17, 15) is 5.11 Å². The number of nitrogens with zero attached hydrogens (tertiary/aromatic N) is 2. The number of aromatic nitrogens is 1. The van der Waals surface area contributed by atoms with Crippen molar-refractivity contribution in [3.05, 3.63) is 23.5 Å². The summed E-state index contributed by atoms with van der Waals surface area (Å²) < 4.78 is 0. The zero-order valence-electron chi connectivity index (χ0n) is 10.7. The monoisotopic (exact) mass is 238 g/mol. The molecular weight excluding hydrogens is 216 g/mol. The highest BCUT2D eigenvalue weighted by molar-refractivity contribution is 5.53. The van der Waals surface area contributed by atoms with Crippen LogP contribution < -0.4 is 4.90 Å². The first-order chi connectivity index (χ1) is 8.22. The third-order valence-electron chi connectivity index (χ3n) is 2.76. The maximum absolute atomic E-state index is 9.32. The summed E-state index contributed by atoms with van der Waals surface area (Å²) >= 11 is 0. The van der Waals surface area contributed by atoms with E-state index in [1.165, 1.54) is 0 Å². The van der Waals surface area contributed by atoms with Crippen LogP contribution in [0.3, 0.4) is 0 Å². The van der Waals surface area contributed by atoms with Crippen LogP contribution in [0.1, 0.15) is 31.0 Å². The van der Waals surface area contributed by atoms with Gasteiger partial charge in [0.25, 0.3) is 0 Å². The Hall–Kier alpha value is -1.13. The molecule has 1 aromatic rings. The number of hydrogen-bond acceptors (Lipinski definition) is 4. The number of aliphatic hydroxyl groups is 2. The van der Waals surface area contributed by atoms with Crippen molar-refractivity contribution in [2.24, 2.45) is 0 Å². The largest absolute Gasteiger partial charge is 0.395 e. The summed E-state index contributed by atoms with van der Waals surface area (Å²) in [5, 5.41) is 18.4. The summed E-state index contributed by atoms with van der Waals surface area (Å²) in [6, 6.07) is 1.97. The smallest absolute Gasteiger partial charge is 0.0717 e. The summed E-state index contributed by atoms with van der Waals surface area (Å²) in [5.41, 5.74) is 2.74. The molecule has 4 nitrogen and oxygen atoms in total. The van der Waals surface area contributed by atoms with E-state index in [2.05, 4.69) is 16.8 Å². The first-order valence-electron chi connectivity index (χ1n) is 6.15. The second-order valence-electron chi connectivity index (χ2n) is 4.18. The Labute approximate surface area is 103 Å². The molecule has 0 bridgehead atoms. The molecule has 0 fully saturated rings. The number of anilines is 1. The molecule has 96 valence electrons. The highest BCUT2D eigenvalue weighted by Crippen LogP contribution is 2.21. The van der Waals surface area contributed by atoms with Gasteiger partial charge in [-0.2, -0.15) is 0 Å². The molecule has 17 heavy (non-hydrogen) atoms. The van der Waals surface area contributed by atoms with E-state index in [-0.39, 0.29) is 13.2 Å². The number of aryl methyl sites for hydroxylation is 1. The van der Waals surface area contributed by atoms with Crippen molar-refractivity contribution >= 4 is 5.69 Å². The highest BCUT2D eigenvalue weighted by atomic mass is 16.3. The van der Waals surface area contributed by atoms with E-state index < -0.39 is 0 Å². The van der Waals surface area contributed by atoms with Crippen LogP contribution in [0.4, 0.5) is 5.69 Å². The molecule has 0 aliphatic rings. The lowest BCUT2D eigenvalue weighted by Crippen LogP contribution is -2.29. The summed E-state index contributed by atoms with van der Waals surface area (Å²) in [6.45, 7) is 5.67. The molecule has 1 aromatic heterocycles. The molecular formula is C13H22N2O2. The molecule has 0 radical (unpaired) electrons. The van der Waals surface area contributed by atoms with Crippen molar-refractivity contribution in [3.8, 4) is 0 Å². The van der Waals surface area contributed by atoms with Gasteiger partial charge in [-0.3, -0.25) is 4.98 Å². The third kappa shape index (κ3) is 3.98. The van der Waals surface area contributed by atoms with E-state index in [0.29, 0.717) is 6.54 Å². The molecule has 0 atom stereocenters. The second-order valence-corrected chi connectivity index (χ2v) is 4.18. The predicted molar refractivity (Wildman–Crippen MR) is 69.1 cm³/mol. The molecule has 0 spiro atoms. The average molecular weight is 238 g/mol. The predicted octanol–water partition coefficient (Wildman–Crippen LogP) is 1.48. The zero-order chi connectivity index (χ0) is 12.7. The summed E-state index contributed by atoms with van der Waals surface area (Å²) in [6.07, 6.45) is 3.90. The Bertz CT molecular complexity index is 342. The van der Waals surface area contributed by atoms with Crippen LogP contribution in [-0.4, -0.2) is 34.9 Å². The fraction of sp³-hybridized carbons (Fsp3) is 0.615. The molecule has 0 aliphatic carbocycles. The molecule has 0 saturated carbocycles. The van der Waals surface area contributed by atoms with Crippen LogP contribution in [-0.2, 0) is 6.61 Å². The lowest BCUT2D eigenvalue weighted by atomic mass is 10.2. The van der Waals surface area contributed by atoms with Crippen molar-refractivity contribution in [2.45, 2.75) is 33.3 Å². The van der Waals surface area contributed by atoms with Gasteiger partial charge < -0.3 is 15.1 Å². The van der Waals surface area contributed by atoms with Gasteiger partial charge in [-0.15, -0.1) is 0 Å². The molecule has 0 saturated heterocycles. The van der Waals surface area contributed by atoms with Crippen LogP contribution in [0.25, 0.3) is 0 Å². The second kappa shape index (κ2) is 7.25. The van der Waals surface area contributed by atoms with E-state index in [4.69, 9.17) is 5.11 Å². The van der Waals surface area contributed by atoms with Gasteiger partial charge in [0, 0.05) is 36.2 Å². The Morgan fingerprint density at radius 2 is 2.06 bits per heavy atom. The van der Waals surface area contributed by atoms with Crippen LogP contribution in [0.2, 0.25) is 0 Å². The summed E-state index contributed by atoms with van der Waals surface area (Å²) in [7, 11) is 0. The van der Waals surface area contributed by atoms with Crippen molar-refractivity contribution in [3.63, 3.8) is 0 Å². The third-order valence-corrected chi connectivity index (χ3v) is 2.76. The van der Waals surface area contributed by atoms with Gasteiger partial charge in [-0.25, -0.2) is 0 Å². The number of pyridine rings is 1. The van der Waals surface area contributed by atoms with Gasteiger partial charge >= 0.3 is 0 Å². The highest BCUT2D eigenvalue weighted by Gasteiger charge is 2.11. The van der Waals surface area contributed by atoms with Gasteiger partial charge in [0.2, 0.25) is 0 Å². The van der Waals surface area contributed by atoms with Crippen molar-refractivity contribution < 1.29 is 10.2 Å². The Morgan fingerprint density at radius 3 is 2.65 bits per heavy atom. The van der Waals surface area contributed by atoms with Crippen molar-refractivity contribution in [1.82, 2.24) is 4.98 Å². The Kier molecular flexibility index (Phi) is 5.94. The van der Waals surface area contributed by atoms with Crippen LogP contribution >= 0.6 is 0 Å². The topological polar surface area (TPSA) is 56.6 Å². The maximum Gasteiger partial charge on any atom is 0.0717 e. The fourth-order valence-electron chi connectivity index (χ4n) is 1.81. The molecule has 0 amide bonds. The number of rotatable bonds is 7. The molecule has 0 unspecified atom stereocenters. The van der Waals surface area contributed by atoms with E-state index in [0.717, 1.165) is 36.3 Å². The molecule has 1 rings (SSSR count). The molecule has 4 heteroatoms. The summed E-state index contributed by atoms with van der Waals surface area (Å²) in [5.74, 6) is 0. The number of hydrogen-bond donors (Lipinski definition) is 2. The SMILES string of the molecule is CCCCN(CCO)c1cc(C)ncc1CO. The van der Waals surface area contributed by atoms with Crippen LogP contribution in [0, 0.1) is 6.92 Å². The average Bonchev–Trinajstić information content (AvgIpc) is 2.34. The molecule has 2 N–H and O–H groups in total. The minimum atomic E-state index is -0.0172. The van der Waals surface area contributed by atoms with Gasteiger partial charge in [-0.05, 0) is 19.4 Å². The fourth-order valence-corrected chi connectivity index (χ4v) is 1.81. The standard InChI is InChI=1S/C13H22N2O2/c1-3-4-5-15(6-7-16)13-8-11(2)14-9-12(13)10-17/h8-9,16-17H,3-7,10H2,1-2H3. The summed E-state index contributed by atoms with van der Waals surface area (Å²) in [4.78, 5) is 6.30. The first-order valence-corrected chi connectivity index (χ1v) is 6.15. The van der Waals surface area contributed by atoms with Crippen molar-refractivity contribution in [1.29, 1.82) is 0 Å². The minimum absolute atomic E-state index is 0.0172. The van der Waals surface area contributed by atoms with E-state index in [1.54, 1.807) is 6.20 Å². The lowest BCUT2D eigenvalue weighted by molar-refractivity contribution is 0.280. The zero-order valence-corrected chi connectivity index (χ0v) is 10.7. The quantitative estimate of drug-likeness (QED) is 0.755. The normalized spacial score (nSPS) is 10.6. The number of aliphatic hydroxyl groups excluding tert-OH is 2. The Balaban J connectivity index is 2.93. The van der Waals surface area contributed by atoms with Gasteiger partial charge in [0.05, 0.1) is 13.2 Å².